The molecule has 0 heterocycles. The van der Waals surface area contributed by atoms with Gasteiger partial charge >= 0.3 is 0 Å². The van der Waals surface area contributed by atoms with Crippen molar-refractivity contribution in [3.63, 3.8) is 0 Å². The van der Waals surface area contributed by atoms with Crippen molar-refractivity contribution < 1.29 is 0 Å². The Hall–Kier alpha value is -0.975. The molecule has 0 bridgehead atoms. The molecule has 1 heteroatoms. The zero-order valence-electron chi connectivity index (χ0n) is 7.33. The summed E-state index contributed by atoms with van der Waals surface area (Å²) in [4.78, 5) is 0. The van der Waals surface area contributed by atoms with Crippen LogP contribution in [0.15, 0.2) is 48.5 Å². The van der Waals surface area contributed by atoms with Gasteiger partial charge in [-0.2, -0.15) is 0 Å². The van der Waals surface area contributed by atoms with E-state index in [1.807, 2.05) is 39.0 Å². The number of rotatable bonds is 4. The molecule has 0 rings (SSSR count). The summed E-state index contributed by atoms with van der Waals surface area (Å²) < 4.78 is 0. The van der Waals surface area contributed by atoms with Crippen LogP contribution in [0.2, 0.25) is 0 Å². The Labute approximate surface area is 70.4 Å². The van der Waals surface area contributed by atoms with Gasteiger partial charge in [0.2, 0.25) is 0 Å². The van der Waals surface area contributed by atoms with Gasteiger partial charge in [0.05, 0.1) is 0 Å². The van der Waals surface area contributed by atoms with Crippen molar-refractivity contribution in [1.29, 1.82) is 0 Å². The normalized spacial score (nSPS) is 13.2. The maximum atomic E-state index is 2.12. The lowest BCUT2D eigenvalue weighted by molar-refractivity contribution is 1.39. The molecule has 0 saturated carbocycles. The van der Waals surface area contributed by atoms with Gasteiger partial charge in [0, 0.05) is 0 Å². The van der Waals surface area contributed by atoms with Crippen molar-refractivity contribution in [2.24, 2.45) is 0 Å². The van der Waals surface area contributed by atoms with Crippen LogP contribution < -0.4 is 0 Å². The monoisotopic (exact) mass is 146 g/mol. The number of hydrogen-bond donors (Lipinski definition) is 0. The highest BCUT2D eigenvalue weighted by Gasteiger charge is 1.66. The summed E-state index contributed by atoms with van der Waals surface area (Å²) in [5.41, 5.74) is 0. The van der Waals surface area contributed by atoms with E-state index in [1.54, 1.807) is 0 Å². The lowest BCUT2D eigenvalue weighted by Crippen LogP contribution is -1.57. The Morgan fingerprint density at radius 1 is 1.00 bits per heavy atom. The van der Waals surface area contributed by atoms with E-state index in [-0.39, 0.29) is 0 Å². The van der Waals surface area contributed by atoms with Crippen LogP contribution in [0, 0.1) is 0 Å². The molecule has 0 aliphatic carbocycles. The maximum Gasteiger partial charge on any atom is 0.129 e. The van der Waals surface area contributed by atoms with E-state index in [4.69, 9.17) is 0 Å². The molecule has 0 N–H and O–H groups in total. The smallest absolute Gasteiger partial charge is 0.124 e. The fourth-order valence-corrected chi connectivity index (χ4v) is 0.615. The van der Waals surface area contributed by atoms with E-state index in [0.717, 1.165) is 6.42 Å². The first-order chi connectivity index (χ1) is 5.41. The molecule has 0 atom stereocenters. The second kappa shape index (κ2) is 9.02. The molecule has 0 aromatic rings. The molecule has 0 fully saturated rings. The third-order valence-electron chi connectivity index (χ3n) is 1.15. The predicted octanol–water partition coefficient (Wildman–Crippen LogP) is 2.21. The summed E-state index contributed by atoms with van der Waals surface area (Å²) in [5.74, 6) is 2.02. The molecular formula is C10H15B. The molecule has 0 aliphatic heterocycles. The minimum absolute atomic E-state index is 1.01. The van der Waals surface area contributed by atoms with E-state index in [9.17, 15) is 0 Å². The van der Waals surface area contributed by atoms with Crippen LogP contribution in [0.4, 0.5) is 0 Å². The highest BCUT2D eigenvalue weighted by Crippen LogP contribution is 1.87. The Balaban J connectivity index is 3.40. The number of allylic oxidation sites excluding steroid dienone is 7. The van der Waals surface area contributed by atoms with Crippen molar-refractivity contribution in [1.82, 2.24) is 0 Å². The van der Waals surface area contributed by atoms with Gasteiger partial charge in [-0.3, -0.25) is 0 Å². The largest absolute Gasteiger partial charge is 0.129 e. The minimum atomic E-state index is 1.01. The lowest BCUT2D eigenvalue weighted by Gasteiger charge is -1.77. The second-order valence-electron chi connectivity index (χ2n) is 2.14. The molecule has 0 nitrogen and oxygen atoms in total. The molecule has 0 radical (unpaired) electrons. The van der Waals surface area contributed by atoms with Gasteiger partial charge in [-0.1, -0.05) is 42.5 Å². The molecule has 58 valence electrons. The summed E-state index contributed by atoms with van der Waals surface area (Å²) in [6.45, 7) is 2.01. The minimum Gasteiger partial charge on any atom is -0.124 e. The van der Waals surface area contributed by atoms with Gasteiger partial charge in [-0.25, -0.2) is 0 Å². The van der Waals surface area contributed by atoms with Gasteiger partial charge in [0.1, 0.15) is 7.85 Å². The van der Waals surface area contributed by atoms with E-state index in [2.05, 4.69) is 24.3 Å². The summed E-state index contributed by atoms with van der Waals surface area (Å²) >= 11 is 0. The zero-order chi connectivity index (χ0) is 8.36. The fourth-order valence-electron chi connectivity index (χ4n) is 0.615. The molecule has 0 unspecified atom stereocenters. The third-order valence-corrected chi connectivity index (χ3v) is 1.15. The Morgan fingerprint density at radius 3 is 2.18 bits per heavy atom. The Bertz CT molecular complexity index is 153. The first-order valence-electron chi connectivity index (χ1n) is 3.97. The molecule has 11 heavy (non-hydrogen) atoms. The average Bonchev–Trinajstić information content (AvgIpc) is 2.03. The van der Waals surface area contributed by atoms with Gasteiger partial charge in [0.15, 0.2) is 0 Å². The Kier molecular flexibility index (Phi) is 8.22. The van der Waals surface area contributed by atoms with Crippen LogP contribution >= 0.6 is 0 Å². The Morgan fingerprint density at radius 2 is 1.64 bits per heavy atom. The predicted molar refractivity (Wildman–Crippen MR) is 55.4 cm³/mol. The van der Waals surface area contributed by atoms with Crippen molar-refractivity contribution in [2.75, 3.05) is 0 Å². The summed E-state index contributed by atoms with van der Waals surface area (Å²) in [7, 11) is 2.01. The molecular weight excluding hydrogens is 131 g/mol. The van der Waals surface area contributed by atoms with E-state index >= 15 is 0 Å². The first kappa shape index (κ1) is 10.0. The highest BCUT2D eigenvalue weighted by atomic mass is 13.7. The molecule has 0 amide bonds. The molecule has 0 aliphatic rings. The van der Waals surface area contributed by atoms with Crippen molar-refractivity contribution in [3.8, 4) is 0 Å². The lowest BCUT2D eigenvalue weighted by atomic mass is 10.1. The van der Waals surface area contributed by atoms with Crippen molar-refractivity contribution in [2.45, 2.75) is 13.3 Å². The topological polar surface area (TPSA) is 0 Å². The van der Waals surface area contributed by atoms with E-state index < -0.39 is 0 Å². The van der Waals surface area contributed by atoms with Crippen molar-refractivity contribution >= 4 is 7.85 Å². The van der Waals surface area contributed by atoms with Crippen LogP contribution in [-0.2, 0) is 0 Å². The van der Waals surface area contributed by atoms with Crippen molar-refractivity contribution in [3.05, 3.63) is 48.5 Å². The van der Waals surface area contributed by atoms with Gasteiger partial charge < -0.3 is 0 Å². The van der Waals surface area contributed by atoms with Crippen LogP contribution in [-0.4, -0.2) is 7.85 Å². The molecule has 0 saturated heterocycles. The third kappa shape index (κ3) is 9.02. The first-order valence-corrected chi connectivity index (χ1v) is 3.97. The molecule has 0 aromatic heterocycles. The van der Waals surface area contributed by atoms with Gasteiger partial charge in [-0.05, 0) is 13.3 Å². The van der Waals surface area contributed by atoms with Crippen LogP contribution in [0.3, 0.4) is 0 Å². The highest BCUT2D eigenvalue weighted by molar-refractivity contribution is 6.17. The molecule has 0 aromatic carbocycles. The quantitative estimate of drug-likeness (QED) is 0.421. The summed E-state index contributed by atoms with van der Waals surface area (Å²) in [6.07, 6.45) is 15.5. The summed E-state index contributed by atoms with van der Waals surface area (Å²) in [5, 5.41) is 0. The van der Waals surface area contributed by atoms with Gasteiger partial charge in [0.25, 0.3) is 0 Å². The standard InChI is InChI=1S/C10H15B/c1-2-3-4-5-6-7-8-9-10-11/h2-5,7-10H,6,11H2,1H3/b3-2-,5-4-,8-7-,10-9-. The van der Waals surface area contributed by atoms with Crippen LogP contribution in [0.5, 0.6) is 0 Å². The summed E-state index contributed by atoms with van der Waals surface area (Å²) in [6, 6.07) is 0. The van der Waals surface area contributed by atoms with E-state index in [1.165, 1.54) is 0 Å². The van der Waals surface area contributed by atoms with Crippen LogP contribution in [0.1, 0.15) is 13.3 Å². The van der Waals surface area contributed by atoms with Crippen LogP contribution in [0.25, 0.3) is 0 Å². The average molecular weight is 146 g/mol. The zero-order valence-corrected chi connectivity index (χ0v) is 7.33. The van der Waals surface area contributed by atoms with Gasteiger partial charge in [-0.15, -0.1) is 5.98 Å². The number of hydrogen-bond acceptors (Lipinski definition) is 0. The van der Waals surface area contributed by atoms with E-state index in [0.29, 0.717) is 0 Å². The molecule has 0 spiro atoms. The SMILES string of the molecule is B/C=C\C=C/C/C=C\C=C/C. The second-order valence-corrected chi connectivity index (χ2v) is 2.14. The maximum absolute atomic E-state index is 2.12. The fraction of sp³-hybridized carbons (Fsp3) is 0.200.